The molecule has 0 radical (unpaired) electrons. The van der Waals surface area contributed by atoms with Crippen molar-refractivity contribution < 1.29 is 4.79 Å². The monoisotopic (exact) mass is 290 g/mol. The molecule has 0 heterocycles. The molecule has 1 rings (SSSR count). The van der Waals surface area contributed by atoms with Crippen LogP contribution >= 0.6 is 0 Å². The van der Waals surface area contributed by atoms with Crippen LogP contribution in [0.1, 0.15) is 57.8 Å². The average Bonchev–Trinajstić information content (AvgIpc) is 2.37. The lowest BCUT2D eigenvalue weighted by molar-refractivity contribution is 0.101. The summed E-state index contributed by atoms with van der Waals surface area (Å²) in [4.78, 5) is 13.9. The molecule has 0 aliphatic heterocycles. The summed E-state index contributed by atoms with van der Waals surface area (Å²) in [5, 5.41) is 0. The van der Waals surface area contributed by atoms with E-state index in [1.165, 1.54) is 0 Å². The summed E-state index contributed by atoms with van der Waals surface area (Å²) in [5.41, 5.74) is 8.35. The molecule has 0 spiro atoms. The summed E-state index contributed by atoms with van der Waals surface area (Å²) in [5.74, 6) is 1.38. The number of rotatable bonds is 8. The van der Waals surface area contributed by atoms with Gasteiger partial charge in [0, 0.05) is 30.0 Å². The molecule has 0 saturated heterocycles. The lowest BCUT2D eigenvalue weighted by Crippen LogP contribution is -2.27. The summed E-state index contributed by atoms with van der Waals surface area (Å²) >= 11 is 0. The van der Waals surface area contributed by atoms with Crippen LogP contribution in [-0.2, 0) is 0 Å². The number of carbonyl (C=O) groups is 1. The molecule has 1 aromatic carbocycles. The summed E-state index contributed by atoms with van der Waals surface area (Å²) in [6, 6.07) is 5.82. The zero-order chi connectivity index (χ0) is 16.0. The topological polar surface area (TPSA) is 46.3 Å². The molecule has 0 saturated carbocycles. The van der Waals surface area contributed by atoms with Crippen LogP contribution in [0.2, 0.25) is 0 Å². The number of ketones is 1. The third-order valence-corrected chi connectivity index (χ3v) is 3.73. The number of hydrogen-bond donors (Lipinski definition) is 1. The number of Topliss-reactive ketones (excluding diaryl/α,β-unsaturated/α-hetero) is 1. The standard InChI is InChI=1S/C18H30N2O/c1-13(2)8-10-20(11-9-14(3)4)16-6-7-17(15(5)21)18(19)12-16/h6-7,12-14H,8-11,19H2,1-5H3. The van der Waals surface area contributed by atoms with Crippen molar-refractivity contribution in [2.75, 3.05) is 23.7 Å². The Labute approximate surface area is 129 Å². The number of nitrogen functional groups attached to an aromatic ring is 1. The summed E-state index contributed by atoms with van der Waals surface area (Å²) in [6.45, 7) is 12.6. The van der Waals surface area contributed by atoms with Gasteiger partial charge in [-0.15, -0.1) is 0 Å². The quantitative estimate of drug-likeness (QED) is 0.571. The van der Waals surface area contributed by atoms with Gasteiger partial charge >= 0.3 is 0 Å². The number of hydrogen-bond acceptors (Lipinski definition) is 3. The molecule has 3 heteroatoms. The van der Waals surface area contributed by atoms with E-state index in [9.17, 15) is 4.79 Å². The Morgan fingerprint density at radius 2 is 1.62 bits per heavy atom. The number of benzene rings is 1. The first kappa shape index (κ1) is 17.5. The van der Waals surface area contributed by atoms with Crippen LogP contribution in [0.3, 0.4) is 0 Å². The highest BCUT2D eigenvalue weighted by Crippen LogP contribution is 2.23. The van der Waals surface area contributed by atoms with Crippen molar-refractivity contribution in [3.63, 3.8) is 0 Å². The van der Waals surface area contributed by atoms with Crippen molar-refractivity contribution in [2.24, 2.45) is 11.8 Å². The molecule has 0 aromatic heterocycles. The molecule has 3 nitrogen and oxygen atoms in total. The van der Waals surface area contributed by atoms with E-state index in [0.717, 1.165) is 31.6 Å². The number of anilines is 2. The van der Waals surface area contributed by atoms with Crippen molar-refractivity contribution in [1.29, 1.82) is 0 Å². The second-order valence-electron chi connectivity index (χ2n) is 6.68. The molecule has 0 aliphatic rings. The third-order valence-electron chi connectivity index (χ3n) is 3.73. The van der Waals surface area contributed by atoms with Gasteiger partial charge in [0.05, 0.1) is 0 Å². The van der Waals surface area contributed by atoms with Gasteiger partial charge in [0.25, 0.3) is 0 Å². The summed E-state index contributed by atoms with van der Waals surface area (Å²) in [6.07, 6.45) is 2.32. The molecule has 0 fully saturated rings. The zero-order valence-electron chi connectivity index (χ0n) is 14.1. The SMILES string of the molecule is CC(=O)c1ccc(N(CCC(C)C)CCC(C)C)cc1N. The van der Waals surface area contributed by atoms with E-state index in [0.29, 0.717) is 23.1 Å². The normalized spacial score (nSPS) is 11.2. The molecule has 21 heavy (non-hydrogen) atoms. The molecular formula is C18H30N2O. The van der Waals surface area contributed by atoms with Gasteiger partial charge in [-0.2, -0.15) is 0 Å². The van der Waals surface area contributed by atoms with Gasteiger partial charge in [-0.1, -0.05) is 27.7 Å². The number of nitrogens with two attached hydrogens (primary N) is 1. The highest BCUT2D eigenvalue weighted by molar-refractivity contribution is 5.99. The molecule has 1 aromatic rings. The maximum absolute atomic E-state index is 11.5. The predicted molar refractivity (Wildman–Crippen MR) is 92.0 cm³/mol. The highest BCUT2D eigenvalue weighted by Gasteiger charge is 2.12. The molecule has 0 bridgehead atoms. The van der Waals surface area contributed by atoms with Crippen LogP contribution < -0.4 is 10.6 Å². The third kappa shape index (κ3) is 5.78. The van der Waals surface area contributed by atoms with Crippen LogP contribution in [0.15, 0.2) is 18.2 Å². The number of nitrogens with zero attached hydrogens (tertiary/aromatic N) is 1. The van der Waals surface area contributed by atoms with Gasteiger partial charge in [0.1, 0.15) is 0 Å². The van der Waals surface area contributed by atoms with E-state index < -0.39 is 0 Å². The maximum Gasteiger partial charge on any atom is 0.161 e. The molecule has 0 atom stereocenters. The first-order valence-electron chi connectivity index (χ1n) is 7.96. The number of carbonyl (C=O) groups excluding carboxylic acids is 1. The summed E-state index contributed by atoms with van der Waals surface area (Å²) in [7, 11) is 0. The van der Waals surface area contributed by atoms with E-state index in [-0.39, 0.29) is 5.78 Å². The fourth-order valence-electron chi connectivity index (χ4n) is 2.27. The maximum atomic E-state index is 11.5. The smallest absolute Gasteiger partial charge is 0.161 e. The second kappa shape index (κ2) is 8.06. The largest absolute Gasteiger partial charge is 0.398 e. The van der Waals surface area contributed by atoms with E-state index in [2.05, 4.69) is 32.6 Å². The van der Waals surface area contributed by atoms with Crippen molar-refractivity contribution in [3.8, 4) is 0 Å². The van der Waals surface area contributed by atoms with Crippen LogP contribution in [0.25, 0.3) is 0 Å². The zero-order valence-corrected chi connectivity index (χ0v) is 14.1. The van der Waals surface area contributed by atoms with Crippen molar-refractivity contribution in [2.45, 2.75) is 47.5 Å². The first-order chi connectivity index (χ1) is 9.81. The van der Waals surface area contributed by atoms with Crippen LogP contribution in [0.4, 0.5) is 11.4 Å². The molecule has 0 aliphatic carbocycles. The van der Waals surface area contributed by atoms with E-state index in [4.69, 9.17) is 5.73 Å². The van der Waals surface area contributed by atoms with Gasteiger partial charge in [0.2, 0.25) is 0 Å². The Bertz CT molecular complexity index is 454. The van der Waals surface area contributed by atoms with Gasteiger partial charge in [0.15, 0.2) is 5.78 Å². The van der Waals surface area contributed by atoms with E-state index >= 15 is 0 Å². The van der Waals surface area contributed by atoms with Crippen molar-refractivity contribution in [1.82, 2.24) is 0 Å². The lowest BCUT2D eigenvalue weighted by atomic mass is 10.1. The lowest BCUT2D eigenvalue weighted by Gasteiger charge is -2.27. The minimum absolute atomic E-state index is 0.0231. The highest BCUT2D eigenvalue weighted by atomic mass is 16.1. The van der Waals surface area contributed by atoms with Gasteiger partial charge in [-0.3, -0.25) is 4.79 Å². The van der Waals surface area contributed by atoms with Crippen molar-refractivity contribution >= 4 is 17.2 Å². The molecule has 0 amide bonds. The molecule has 0 unspecified atom stereocenters. The Balaban J connectivity index is 2.90. The average molecular weight is 290 g/mol. The molecular weight excluding hydrogens is 260 g/mol. The Morgan fingerprint density at radius 1 is 1.10 bits per heavy atom. The minimum atomic E-state index is 0.0231. The van der Waals surface area contributed by atoms with Gasteiger partial charge in [-0.05, 0) is 49.8 Å². The van der Waals surface area contributed by atoms with Gasteiger partial charge < -0.3 is 10.6 Å². The van der Waals surface area contributed by atoms with E-state index in [1.807, 2.05) is 18.2 Å². The Kier molecular flexibility index (Phi) is 6.73. The predicted octanol–water partition coefficient (Wildman–Crippen LogP) is 4.37. The summed E-state index contributed by atoms with van der Waals surface area (Å²) < 4.78 is 0. The fourth-order valence-corrected chi connectivity index (χ4v) is 2.27. The molecule has 118 valence electrons. The fraction of sp³-hybridized carbons (Fsp3) is 0.611. The Hall–Kier alpha value is -1.51. The van der Waals surface area contributed by atoms with Crippen molar-refractivity contribution in [3.05, 3.63) is 23.8 Å². The van der Waals surface area contributed by atoms with Crippen LogP contribution in [0, 0.1) is 11.8 Å². The van der Waals surface area contributed by atoms with Crippen LogP contribution in [0.5, 0.6) is 0 Å². The second-order valence-corrected chi connectivity index (χ2v) is 6.68. The van der Waals surface area contributed by atoms with E-state index in [1.54, 1.807) is 6.92 Å². The van der Waals surface area contributed by atoms with Crippen LogP contribution in [-0.4, -0.2) is 18.9 Å². The van der Waals surface area contributed by atoms with Gasteiger partial charge in [-0.25, -0.2) is 0 Å². The minimum Gasteiger partial charge on any atom is -0.398 e. The first-order valence-corrected chi connectivity index (χ1v) is 7.96. The molecule has 2 N–H and O–H groups in total. The Morgan fingerprint density at radius 3 is 2.00 bits per heavy atom.